The number of halogens is 2. The molecule has 0 saturated carbocycles. The van der Waals surface area contributed by atoms with Crippen molar-refractivity contribution in [3.05, 3.63) is 41.8 Å². The zero-order valence-corrected chi connectivity index (χ0v) is 24.2. The summed E-state index contributed by atoms with van der Waals surface area (Å²) in [7, 11) is 0. The summed E-state index contributed by atoms with van der Waals surface area (Å²) in [5, 5.41) is 12.9. The number of alkyl halides is 1. The number of nitrogens with zero attached hydrogens (tertiary/aromatic N) is 5. The molecule has 2 N–H and O–H groups in total. The standard InChI is InChI=1S/C25H30Cl2N6O6S/c1-14(34)33-23-19(28-13-32(23)24-20(36)21(38-15(2)35)18(12-26)39-24)22(29-25(33)27)30-31-10-8-17(9-11-31)40(37)16-6-4-3-5-7-16/h3-7,13,17-18,20-21,23-24,30,36H,8-12H2,1-2H3/t18-,20-,21-,23?,24-,40?/m1/s1. The fourth-order valence-electron chi connectivity index (χ4n) is 5.24. The minimum absolute atomic E-state index is 0.0264. The van der Waals surface area contributed by atoms with E-state index in [1.165, 1.54) is 25.1 Å². The van der Waals surface area contributed by atoms with E-state index in [4.69, 9.17) is 32.7 Å². The highest BCUT2D eigenvalue weighted by atomic mass is 35.5. The van der Waals surface area contributed by atoms with Gasteiger partial charge in [0.25, 0.3) is 0 Å². The fraction of sp³-hybridized carbons (Fsp3) is 0.520. The van der Waals surface area contributed by atoms with Gasteiger partial charge in [-0.1, -0.05) is 18.2 Å². The van der Waals surface area contributed by atoms with E-state index in [9.17, 15) is 19.2 Å². The molecule has 1 amide bonds. The Morgan fingerprint density at radius 1 is 1.25 bits per heavy atom. The highest BCUT2D eigenvalue weighted by Gasteiger charge is 2.53. The third kappa shape index (κ3) is 5.69. The molecule has 1 aromatic carbocycles. The molecule has 0 aromatic heterocycles. The molecule has 40 heavy (non-hydrogen) atoms. The van der Waals surface area contributed by atoms with Gasteiger partial charge in [-0.15, -0.1) is 11.6 Å². The Morgan fingerprint density at radius 2 is 1.95 bits per heavy atom. The number of aliphatic imine (C=N–C) groups is 2. The van der Waals surface area contributed by atoms with Crippen LogP contribution in [0.3, 0.4) is 0 Å². The van der Waals surface area contributed by atoms with Crippen LogP contribution in [0.5, 0.6) is 0 Å². The summed E-state index contributed by atoms with van der Waals surface area (Å²) in [4.78, 5) is 36.8. The first kappa shape index (κ1) is 29.1. The van der Waals surface area contributed by atoms with Crippen molar-refractivity contribution in [3.8, 4) is 0 Å². The van der Waals surface area contributed by atoms with E-state index in [1.807, 2.05) is 35.3 Å². The molecule has 2 unspecified atom stereocenters. The molecule has 2 saturated heterocycles. The lowest BCUT2D eigenvalue weighted by molar-refractivity contribution is -0.152. The van der Waals surface area contributed by atoms with Crippen LogP contribution in [0, 0.1) is 0 Å². The number of carbonyl (C=O) groups is 2. The van der Waals surface area contributed by atoms with Gasteiger partial charge in [-0.2, -0.15) is 4.99 Å². The third-order valence-corrected chi connectivity index (χ3v) is 9.51. The second-order valence-corrected chi connectivity index (χ2v) is 12.1. The Morgan fingerprint density at radius 3 is 2.58 bits per heavy atom. The van der Waals surface area contributed by atoms with Crippen molar-refractivity contribution in [2.45, 2.75) is 67.5 Å². The average Bonchev–Trinajstić information content (AvgIpc) is 3.50. The summed E-state index contributed by atoms with van der Waals surface area (Å²) in [5.41, 5.74) is 3.66. The SMILES string of the molecule is CC(=O)O[C@H]1[C@@H](O)[C@H](N2C=NC3=C(NN4CCC([S+]([O-])c5ccccc5)CC4)N=C(Cl)N(C(C)=O)C32)O[C@@H]1CCl. The maximum Gasteiger partial charge on any atom is 0.303 e. The van der Waals surface area contributed by atoms with Gasteiger partial charge in [-0.25, -0.2) is 10.0 Å². The summed E-state index contributed by atoms with van der Waals surface area (Å²) in [6, 6.07) is 9.43. The molecule has 6 atom stereocenters. The van der Waals surface area contributed by atoms with Gasteiger partial charge in [0.05, 0.1) is 12.2 Å². The topological polar surface area (TPSA) is 142 Å². The van der Waals surface area contributed by atoms with E-state index in [0.717, 1.165) is 4.90 Å². The van der Waals surface area contributed by atoms with Gasteiger partial charge in [-0.3, -0.25) is 14.5 Å². The first-order chi connectivity index (χ1) is 19.2. The quantitative estimate of drug-likeness (QED) is 0.202. The molecule has 4 aliphatic rings. The number of piperidine rings is 1. The average molecular weight is 614 g/mol. The number of hydrogen-bond acceptors (Lipinski definition) is 11. The minimum Gasteiger partial charge on any atom is -0.611 e. The van der Waals surface area contributed by atoms with Crippen LogP contribution in [-0.2, 0) is 30.2 Å². The van der Waals surface area contributed by atoms with E-state index in [2.05, 4.69) is 15.4 Å². The Bertz CT molecular complexity index is 1210. The lowest BCUT2D eigenvalue weighted by Crippen LogP contribution is -2.58. The summed E-state index contributed by atoms with van der Waals surface area (Å²) in [6.45, 7) is 3.79. The van der Waals surface area contributed by atoms with Gasteiger partial charge in [0.1, 0.15) is 23.2 Å². The van der Waals surface area contributed by atoms with Crippen molar-refractivity contribution < 1.29 is 28.7 Å². The van der Waals surface area contributed by atoms with E-state index < -0.39 is 53.8 Å². The van der Waals surface area contributed by atoms with Gasteiger partial charge in [-0.05, 0) is 34.9 Å². The number of amidine groups is 1. The smallest absolute Gasteiger partial charge is 0.303 e. The van der Waals surface area contributed by atoms with Crippen molar-refractivity contribution in [2.75, 3.05) is 19.0 Å². The minimum atomic E-state index is -1.27. The summed E-state index contributed by atoms with van der Waals surface area (Å²) in [5.74, 6) is -0.666. The zero-order chi connectivity index (χ0) is 28.6. The van der Waals surface area contributed by atoms with Crippen molar-refractivity contribution in [1.29, 1.82) is 0 Å². The monoisotopic (exact) mass is 612 g/mol. The van der Waals surface area contributed by atoms with Crippen molar-refractivity contribution in [3.63, 3.8) is 0 Å². The van der Waals surface area contributed by atoms with Crippen LogP contribution in [0.2, 0.25) is 0 Å². The number of benzene rings is 1. The number of amides is 1. The maximum absolute atomic E-state index is 13.0. The summed E-state index contributed by atoms with van der Waals surface area (Å²) >= 11 is 11.4. The highest BCUT2D eigenvalue weighted by Crippen LogP contribution is 2.36. The molecule has 12 nitrogen and oxygen atoms in total. The Hall–Kier alpha value is -2.39. The van der Waals surface area contributed by atoms with E-state index >= 15 is 0 Å². The highest BCUT2D eigenvalue weighted by molar-refractivity contribution is 7.92. The number of aliphatic hydroxyl groups excluding tert-OH is 1. The number of hydrazine groups is 1. The predicted molar refractivity (Wildman–Crippen MR) is 148 cm³/mol. The van der Waals surface area contributed by atoms with Crippen LogP contribution in [0.4, 0.5) is 0 Å². The van der Waals surface area contributed by atoms with Crippen LogP contribution >= 0.6 is 23.2 Å². The van der Waals surface area contributed by atoms with E-state index in [1.54, 1.807) is 4.90 Å². The second kappa shape index (κ2) is 12.2. The molecule has 1 aromatic rings. The van der Waals surface area contributed by atoms with Crippen LogP contribution in [0.25, 0.3) is 0 Å². The molecule has 5 rings (SSSR count). The molecule has 0 bridgehead atoms. The molecule has 0 radical (unpaired) electrons. The van der Waals surface area contributed by atoms with Crippen LogP contribution in [0.1, 0.15) is 26.7 Å². The number of nitrogens with one attached hydrogen (secondary N) is 1. The number of fused-ring (bicyclic) bond motifs is 1. The Labute approximate surface area is 244 Å². The van der Waals surface area contributed by atoms with Gasteiger partial charge >= 0.3 is 5.97 Å². The first-order valence-corrected chi connectivity index (χ1v) is 15.0. The number of aliphatic hydroxyl groups is 1. The fourth-order valence-corrected chi connectivity index (χ4v) is 7.23. The predicted octanol–water partition coefficient (Wildman–Crippen LogP) is 1.32. The maximum atomic E-state index is 13.0. The molecular formula is C25H30Cl2N6O6S. The number of carbonyl (C=O) groups excluding carboxylic acids is 2. The molecule has 0 aliphatic carbocycles. The number of rotatable bonds is 7. The summed E-state index contributed by atoms with van der Waals surface area (Å²) in [6.07, 6.45) is -2.11. The zero-order valence-electron chi connectivity index (χ0n) is 21.9. The van der Waals surface area contributed by atoms with Crippen molar-refractivity contribution in [1.82, 2.24) is 20.2 Å². The van der Waals surface area contributed by atoms with Gasteiger partial charge < -0.3 is 29.5 Å². The van der Waals surface area contributed by atoms with Crippen LogP contribution < -0.4 is 5.43 Å². The molecule has 0 spiro atoms. The molecule has 216 valence electrons. The Kier molecular flexibility index (Phi) is 8.90. The van der Waals surface area contributed by atoms with Crippen LogP contribution in [-0.4, -0.2) is 103 Å². The number of ether oxygens (including phenoxy) is 2. The molecule has 4 heterocycles. The van der Waals surface area contributed by atoms with Gasteiger partial charge in [0, 0.05) is 39.8 Å². The normalized spacial score (nSPS) is 29.9. The van der Waals surface area contributed by atoms with E-state index in [-0.39, 0.29) is 16.4 Å². The van der Waals surface area contributed by atoms with Crippen LogP contribution in [0.15, 0.2) is 56.7 Å². The molecule has 15 heteroatoms. The summed E-state index contributed by atoms with van der Waals surface area (Å²) < 4.78 is 24.2. The lowest BCUT2D eigenvalue weighted by Gasteiger charge is -2.40. The number of esters is 1. The Balaban J connectivity index is 1.33. The lowest BCUT2D eigenvalue weighted by atomic mass is 10.1. The largest absolute Gasteiger partial charge is 0.611 e. The number of hydrogen-bond donors (Lipinski definition) is 2. The second-order valence-electron chi connectivity index (χ2n) is 9.76. The first-order valence-electron chi connectivity index (χ1n) is 12.8. The molecule has 4 aliphatic heterocycles. The van der Waals surface area contributed by atoms with Crippen molar-refractivity contribution in [2.24, 2.45) is 9.98 Å². The third-order valence-electron chi connectivity index (χ3n) is 7.13. The van der Waals surface area contributed by atoms with Crippen molar-refractivity contribution >= 4 is 57.9 Å². The van der Waals surface area contributed by atoms with Gasteiger partial charge in [0.2, 0.25) is 11.2 Å². The van der Waals surface area contributed by atoms with Gasteiger partial charge in [0.15, 0.2) is 29.2 Å². The molecular weight excluding hydrogens is 583 g/mol. The van der Waals surface area contributed by atoms with E-state index in [0.29, 0.717) is 37.4 Å². The molecule has 2 fully saturated rings.